The van der Waals surface area contributed by atoms with Crippen LogP contribution in [-0.4, -0.2) is 59.6 Å². The van der Waals surface area contributed by atoms with Gasteiger partial charge in [-0.05, 0) is 24.5 Å². The highest BCUT2D eigenvalue weighted by molar-refractivity contribution is 5.86. The van der Waals surface area contributed by atoms with Gasteiger partial charge < -0.3 is 19.6 Å². The third-order valence-electron chi connectivity index (χ3n) is 4.99. The third kappa shape index (κ3) is 4.76. The molecule has 0 spiro atoms. The molecule has 1 aliphatic heterocycles. The third-order valence-corrected chi connectivity index (χ3v) is 4.99. The summed E-state index contributed by atoms with van der Waals surface area (Å²) in [7, 11) is 1.25. The monoisotopic (exact) mass is 373 g/mol. The summed E-state index contributed by atoms with van der Waals surface area (Å²) < 4.78 is 4.71. The molecule has 0 atom stereocenters. The number of hydrogen-bond donors (Lipinski definition) is 1. The molecule has 0 aromatic heterocycles. The molecule has 8 nitrogen and oxygen atoms in total. The predicted octanol–water partition coefficient (Wildman–Crippen LogP) is 1.84. The van der Waals surface area contributed by atoms with Crippen LogP contribution in [0.15, 0.2) is 24.3 Å². The van der Waals surface area contributed by atoms with Crippen molar-refractivity contribution in [3.05, 3.63) is 35.4 Å². The van der Waals surface area contributed by atoms with E-state index in [1.807, 2.05) is 0 Å². The van der Waals surface area contributed by atoms with E-state index in [1.54, 1.807) is 31.2 Å². The van der Waals surface area contributed by atoms with Crippen molar-refractivity contribution in [3.8, 4) is 6.07 Å². The van der Waals surface area contributed by atoms with Crippen LogP contribution in [0, 0.1) is 16.7 Å². The molecule has 1 aromatic rings. The number of esters is 1. The van der Waals surface area contributed by atoms with Crippen LogP contribution in [-0.2, 0) is 20.9 Å². The summed E-state index contributed by atoms with van der Waals surface area (Å²) in [5, 5.41) is 18.4. The highest BCUT2D eigenvalue weighted by Crippen LogP contribution is 2.33. The number of methoxy groups -OCH3 is 1. The molecule has 0 bridgehead atoms. The number of rotatable bonds is 5. The van der Waals surface area contributed by atoms with Gasteiger partial charge in [0.1, 0.15) is 6.54 Å². The molecular weight excluding hydrogens is 350 g/mol. The van der Waals surface area contributed by atoms with Crippen LogP contribution in [0.25, 0.3) is 0 Å². The molecule has 1 aliphatic rings. The number of amides is 2. The summed E-state index contributed by atoms with van der Waals surface area (Å²) in [5.74, 6) is -0.796. The number of carbonyl (C=O) groups excluding carboxylic acids is 2. The van der Waals surface area contributed by atoms with Gasteiger partial charge in [0.2, 0.25) is 5.91 Å². The average Bonchev–Trinajstić information content (AvgIpc) is 2.67. The number of hydrogen-bond acceptors (Lipinski definition) is 5. The van der Waals surface area contributed by atoms with Gasteiger partial charge in [0, 0.05) is 25.0 Å². The fourth-order valence-electron chi connectivity index (χ4n) is 3.18. The Labute approximate surface area is 157 Å². The zero-order valence-electron chi connectivity index (χ0n) is 15.5. The van der Waals surface area contributed by atoms with E-state index in [0.29, 0.717) is 24.0 Å². The molecule has 1 saturated heterocycles. The summed E-state index contributed by atoms with van der Waals surface area (Å²) in [5.41, 5.74) is 0.302. The van der Waals surface area contributed by atoms with Crippen molar-refractivity contribution < 1.29 is 24.2 Å². The maximum atomic E-state index is 13.2. The second kappa shape index (κ2) is 8.54. The number of carboxylic acid groups (broad SMARTS) is 1. The number of nitrogens with zero attached hydrogens (tertiary/aromatic N) is 3. The molecule has 0 radical (unpaired) electrons. The van der Waals surface area contributed by atoms with Gasteiger partial charge >= 0.3 is 12.1 Å². The first-order valence-electron chi connectivity index (χ1n) is 8.63. The predicted molar refractivity (Wildman–Crippen MR) is 95.5 cm³/mol. The summed E-state index contributed by atoms with van der Waals surface area (Å²) in [6, 6.07) is 8.99. The first-order valence-corrected chi connectivity index (χ1v) is 8.63. The van der Waals surface area contributed by atoms with Gasteiger partial charge in [-0.2, -0.15) is 5.26 Å². The normalized spacial score (nSPS) is 15.5. The van der Waals surface area contributed by atoms with Gasteiger partial charge in [-0.15, -0.1) is 0 Å². The van der Waals surface area contributed by atoms with Crippen molar-refractivity contribution in [3.63, 3.8) is 0 Å². The van der Waals surface area contributed by atoms with Crippen LogP contribution in [0.4, 0.5) is 4.79 Å². The van der Waals surface area contributed by atoms with Crippen LogP contribution in [0.1, 0.15) is 30.9 Å². The van der Waals surface area contributed by atoms with Gasteiger partial charge in [-0.3, -0.25) is 9.59 Å². The zero-order valence-corrected chi connectivity index (χ0v) is 15.5. The molecule has 0 saturated carbocycles. The molecule has 0 unspecified atom stereocenters. The van der Waals surface area contributed by atoms with Crippen molar-refractivity contribution in [1.82, 2.24) is 9.80 Å². The lowest BCUT2D eigenvalue weighted by Crippen LogP contribution is -2.50. The van der Waals surface area contributed by atoms with E-state index in [0.717, 1.165) is 0 Å². The Morgan fingerprint density at radius 2 is 1.93 bits per heavy atom. The Hall–Kier alpha value is -3.08. The van der Waals surface area contributed by atoms with Crippen molar-refractivity contribution in [2.24, 2.45) is 5.41 Å². The van der Waals surface area contributed by atoms with Crippen LogP contribution < -0.4 is 0 Å². The average molecular weight is 373 g/mol. The first kappa shape index (κ1) is 20.2. The van der Waals surface area contributed by atoms with Crippen LogP contribution in [0.5, 0.6) is 0 Å². The molecule has 144 valence electrons. The fourth-order valence-corrected chi connectivity index (χ4v) is 3.18. The molecule has 2 rings (SSSR count). The van der Waals surface area contributed by atoms with Crippen LogP contribution >= 0.6 is 0 Å². The minimum absolute atomic E-state index is 0.107. The van der Waals surface area contributed by atoms with Crippen molar-refractivity contribution in [2.45, 2.75) is 26.3 Å². The Morgan fingerprint density at radius 1 is 1.30 bits per heavy atom. The maximum absolute atomic E-state index is 13.2. The molecule has 0 aliphatic carbocycles. The van der Waals surface area contributed by atoms with E-state index >= 15 is 0 Å². The van der Waals surface area contributed by atoms with Crippen molar-refractivity contribution in [2.75, 3.05) is 26.7 Å². The smallest absolute Gasteiger partial charge is 0.407 e. The Bertz CT molecular complexity index is 763. The number of ether oxygens (including phenoxy) is 1. The quantitative estimate of drug-likeness (QED) is 0.789. The Morgan fingerprint density at radius 3 is 2.48 bits per heavy atom. The number of carbonyl (C=O) groups is 3. The molecule has 1 aromatic carbocycles. The fraction of sp³-hybridized carbons (Fsp3) is 0.474. The largest absolute Gasteiger partial charge is 0.468 e. The second-order valence-electron chi connectivity index (χ2n) is 6.84. The molecule has 1 fully saturated rings. The van der Waals surface area contributed by atoms with Crippen molar-refractivity contribution in [1.29, 1.82) is 5.26 Å². The minimum atomic E-state index is -1.00. The van der Waals surface area contributed by atoms with Crippen LogP contribution in [0.2, 0.25) is 0 Å². The molecule has 27 heavy (non-hydrogen) atoms. The van der Waals surface area contributed by atoms with Gasteiger partial charge in [0.05, 0.1) is 18.7 Å². The van der Waals surface area contributed by atoms with E-state index in [-0.39, 0.29) is 32.1 Å². The van der Waals surface area contributed by atoms with Gasteiger partial charge in [0.25, 0.3) is 0 Å². The van der Waals surface area contributed by atoms with Gasteiger partial charge in [0.15, 0.2) is 0 Å². The zero-order chi connectivity index (χ0) is 20.0. The van der Waals surface area contributed by atoms with Crippen molar-refractivity contribution >= 4 is 18.0 Å². The summed E-state index contributed by atoms with van der Waals surface area (Å²) >= 11 is 0. The highest BCUT2D eigenvalue weighted by Gasteiger charge is 2.41. The number of likely N-dealkylation sites (tertiary alicyclic amines) is 1. The molecule has 8 heteroatoms. The number of piperidine rings is 1. The summed E-state index contributed by atoms with van der Waals surface area (Å²) in [4.78, 5) is 38.8. The lowest BCUT2D eigenvalue weighted by Gasteiger charge is -2.40. The lowest BCUT2D eigenvalue weighted by atomic mass is 9.79. The van der Waals surface area contributed by atoms with Gasteiger partial charge in [-0.25, -0.2) is 4.79 Å². The molecule has 1 N–H and O–H groups in total. The number of benzene rings is 1. The molecular formula is C19H23N3O5. The second-order valence-corrected chi connectivity index (χ2v) is 6.84. The van der Waals surface area contributed by atoms with E-state index in [4.69, 9.17) is 9.84 Å². The van der Waals surface area contributed by atoms with E-state index < -0.39 is 17.5 Å². The lowest BCUT2D eigenvalue weighted by molar-refractivity contribution is -0.153. The highest BCUT2D eigenvalue weighted by atomic mass is 16.5. The SMILES string of the molecule is COC(=O)CN(Cc1ccccc1C#N)C(=O)C1(C)CCN(C(=O)O)CC1. The molecule has 2 amide bonds. The maximum Gasteiger partial charge on any atom is 0.407 e. The number of nitriles is 1. The molecule has 1 heterocycles. The first-order chi connectivity index (χ1) is 12.8. The minimum Gasteiger partial charge on any atom is -0.468 e. The Balaban J connectivity index is 2.23. The van der Waals surface area contributed by atoms with E-state index in [9.17, 15) is 19.6 Å². The topological polar surface area (TPSA) is 111 Å². The van der Waals surface area contributed by atoms with Gasteiger partial charge in [-0.1, -0.05) is 25.1 Å². The summed E-state index contributed by atoms with van der Waals surface area (Å²) in [6.07, 6.45) is -0.260. The van der Waals surface area contributed by atoms with Crippen LogP contribution in [0.3, 0.4) is 0 Å². The van der Waals surface area contributed by atoms with E-state index in [2.05, 4.69) is 6.07 Å². The summed E-state index contributed by atoms with van der Waals surface area (Å²) in [6.45, 7) is 2.19. The standard InChI is InChI=1S/C19H23N3O5/c1-19(7-9-21(10-8-19)18(25)26)17(24)22(13-16(23)27-2)12-15-6-4-3-5-14(15)11-20/h3-6H,7-10,12-13H2,1-2H3,(H,25,26). The Kier molecular flexibility index (Phi) is 6.40. The van der Waals surface area contributed by atoms with E-state index in [1.165, 1.54) is 16.9 Å².